The molecular weight excluding hydrogens is 242 g/mol. The molecular formula is C12H18ClNOS. The normalized spacial score (nSPS) is 16.8. The van der Waals surface area contributed by atoms with Gasteiger partial charge in [0.05, 0.1) is 20.7 Å². The van der Waals surface area contributed by atoms with Gasteiger partial charge in [-0.2, -0.15) is 0 Å². The Kier molecular flexibility index (Phi) is 5.46. The monoisotopic (exact) mass is 259 g/mol. The van der Waals surface area contributed by atoms with Crippen molar-refractivity contribution in [2.45, 2.75) is 36.5 Å². The minimum atomic E-state index is -1.03. The van der Waals surface area contributed by atoms with Crippen LogP contribution in [0, 0.1) is 0 Å². The topological polar surface area (TPSA) is 29.1 Å². The lowest BCUT2D eigenvalue weighted by atomic mass is 10.2. The molecule has 1 aromatic rings. The van der Waals surface area contributed by atoms with E-state index < -0.39 is 10.8 Å². The summed E-state index contributed by atoms with van der Waals surface area (Å²) in [7, 11) is 0.879. The summed E-state index contributed by atoms with van der Waals surface area (Å²) in [6.07, 6.45) is 0.869. The van der Waals surface area contributed by atoms with Gasteiger partial charge in [0.2, 0.25) is 0 Å². The maximum absolute atomic E-state index is 12.2. The quantitative estimate of drug-likeness (QED) is 0.881. The smallest absolute Gasteiger partial charge is 0.0577 e. The SMILES string of the molecule is CNC(C)CC(C)S(=O)c1ccccc1Cl. The largest absolute Gasteiger partial charge is 0.317 e. The molecule has 16 heavy (non-hydrogen) atoms. The number of benzene rings is 1. The van der Waals surface area contributed by atoms with Crippen LogP contribution in [0.3, 0.4) is 0 Å². The molecule has 3 unspecified atom stereocenters. The van der Waals surface area contributed by atoms with Gasteiger partial charge in [-0.1, -0.05) is 30.7 Å². The molecule has 0 aromatic heterocycles. The van der Waals surface area contributed by atoms with Gasteiger partial charge in [0.1, 0.15) is 0 Å². The van der Waals surface area contributed by atoms with Gasteiger partial charge >= 0.3 is 0 Å². The molecule has 0 fully saturated rings. The van der Waals surface area contributed by atoms with Crippen molar-refractivity contribution < 1.29 is 4.21 Å². The molecule has 0 heterocycles. The number of hydrogen-bond donors (Lipinski definition) is 1. The highest BCUT2D eigenvalue weighted by Crippen LogP contribution is 2.22. The first-order valence-electron chi connectivity index (χ1n) is 5.38. The number of rotatable bonds is 5. The number of halogens is 1. The summed E-state index contributed by atoms with van der Waals surface area (Å²) in [6.45, 7) is 4.08. The van der Waals surface area contributed by atoms with Gasteiger partial charge < -0.3 is 5.32 Å². The zero-order valence-electron chi connectivity index (χ0n) is 9.87. The summed E-state index contributed by atoms with van der Waals surface area (Å²) in [6, 6.07) is 7.70. The highest BCUT2D eigenvalue weighted by molar-refractivity contribution is 7.85. The third-order valence-electron chi connectivity index (χ3n) is 2.60. The lowest BCUT2D eigenvalue weighted by Gasteiger charge is -2.16. The van der Waals surface area contributed by atoms with E-state index in [2.05, 4.69) is 12.2 Å². The van der Waals surface area contributed by atoms with Gasteiger partial charge in [-0.25, -0.2) is 0 Å². The van der Waals surface area contributed by atoms with Gasteiger partial charge in [-0.15, -0.1) is 0 Å². The maximum atomic E-state index is 12.2. The Morgan fingerprint density at radius 3 is 2.56 bits per heavy atom. The van der Waals surface area contributed by atoms with Crippen LogP contribution in [0.4, 0.5) is 0 Å². The van der Waals surface area contributed by atoms with E-state index in [1.807, 2.05) is 32.2 Å². The Hall–Kier alpha value is -0.380. The van der Waals surface area contributed by atoms with E-state index in [1.165, 1.54) is 0 Å². The Balaban J connectivity index is 2.75. The molecule has 0 spiro atoms. The van der Waals surface area contributed by atoms with E-state index in [0.29, 0.717) is 11.1 Å². The van der Waals surface area contributed by atoms with Crippen LogP contribution in [0.2, 0.25) is 5.02 Å². The van der Waals surface area contributed by atoms with Gasteiger partial charge in [-0.3, -0.25) is 4.21 Å². The molecule has 4 heteroatoms. The van der Waals surface area contributed by atoms with Crippen molar-refractivity contribution in [3.63, 3.8) is 0 Å². The minimum absolute atomic E-state index is 0.0994. The summed E-state index contributed by atoms with van der Waals surface area (Å²) in [4.78, 5) is 0.736. The highest BCUT2D eigenvalue weighted by Gasteiger charge is 2.17. The second-order valence-corrected chi connectivity index (χ2v) is 6.21. The van der Waals surface area contributed by atoms with Gasteiger partial charge in [-0.05, 0) is 32.5 Å². The molecule has 0 saturated heterocycles. The summed E-state index contributed by atoms with van der Waals surface area (Å²) in [5.74, 6) is 0. The minimum Gasteiger partial charge on any atom is -0.317 e. The summed E-state index contributed by atoms with van der Waals surface area (Å²) in [5.41, 5.74) is 0. The summed E-state index contributed by atoms with van der Waals surface area (Å²) >= 11 is 6.02. The molecule has 2 nitrogen and oxygen atoms in total. The van der Waals surface area contributed by atoms with Crippen molar-refractivity contribution in [3.05, 3.63) is 29.3 Å². The summed E-state index contributed by atoms with van der Waals surface area (Å²) < 4.78 is 12.2. The van der Waals surface area contributed by atoms with Crippen molar-refractivity contribution in [1.29, 1.82) is 0 Å². The van der Waals surface area contributed by atoms with E-state index in [1.54, 1.807) is 6.07 Å². The standard InChI is InChI=1S/C12H18ClNOS/c1-9(14-3)8-10(2)16(15)12-7-5-4-6-11(12)13/h4-7,9-10,14H,8H2,1-3H3. The average molecular weight is 260 g/mol. The fourth-order valence-corrected chi connectivity index (χ4v) is 3.26. The maximum Gasteiger partial charge on any atom is 0.0577 e. The number of hydrogen-bond acceptors (Lipinski definition) is 2. The molecule has 1 rings (SSSR count). The molecule has 0 aliphatic carbocycles. The fourth-order valence-electron chi connectivity index (χ4n) is 1.53. The van der Waals surface area contributed by atoms with E-state index >= 15 is 0 Å². The lowest BCUT2D eigenvalue weighted by Crippen LogP contribution is -2.27. The lowest BCUT2D eigenvalue weighted by molar-refractivity contribution is 0.554. The van der Waals surface area contributed by atoms with Crippen LogP contribution in [0.5, 0.6) is 0 Å². The molecule has 3 atom stereocenters. The van der Waals surface area contributed by atoms with Crippen molar-refractivity contribution in [2.24, 2.45) is 0 Å². The van der Waals surface area contributed by atoms with Gasteiger partial charge in [0.15, 0.2) is 0 Å². The van der Waals surface area contributed by atoms with E-state index in [9.17, 15) is 4.21 Å². The van der Waals surface area contributed by atoms with Crippen LogP contribution in [0.25, 0.3) is 0 Å². The second kappa shape index (κ2) is 6.38. The molecule has 0 amide bonds. The van der Waals surface area contributed by atoms with E-state index in [4.69, 9.17) is 11.6 Å². The van der Waals surface area contributed by atoms with Crippen LogP contribution in [0.15, 0.2) is 29.2 Å². The van der Waals surface area contributed by atoms with E-state index in [-0.39, 0.29) is 5.25 Å². The summed E-state index contributed by atoms with van der Waals surface area (Å²) in [5, 5.41) is 3.84. The number of nitrogens with one attached hydrogen (secondary N) is 1. The van der Waals surface area contributed by atoms with Crippen LogP contribution >= 0.6 is 11.6 Å². The third kappa shape index (κ3) is 3.58. The predicted octanol–water partition coefficient (Wildman–Crippen LogP) is 2.83. The molecule has 1 N–H and O–H groups in total. The molecule has 1 aromatic carbocycles. The Labute approximate surface area is 105 Å². The first-order chi connectivity index (χ1) is 7.56. The van der Waals surface area contributed by atoms with Gasteiger partial charge in [0.25, 0.3) is 0 Å². The predicted molar refractivity (Wildman–Crippen MR) is 70.5 cm³/mol. The van der Waals surface area contributed by atoms with Gasteiger partial charge in [0, 0.05) is 11.3 Å². The molecule has 0 saturated carbocycles. The zero-order valence-corrected chi connectivity index (χ0v) is 11.4. The van der Waals surface area contributed by atoms with Crippen molar-refractivity contribution >= 4 is 22.4 Å². The Morgan fingerprint density at radius 2 is 2.00 bits per heavy atom. The molecule has 0 bridgehead atoms. The first-order valence-corrected chi connectivity index (χ1v) is 6.97. The van der Waals surface area contributed by atoms with Crippen LogP contribution < -0.4 is 5.32 Å². The van der Waals surface area contributed by atoms with Crippen molar-refractivity contribution in [1.82, 2.24) is 5.32 Å². The Morgan fingerprint density at radius 1 is 1.38 bits per heavy atom. The van der Waals surface area contributed by atoms with Crippen molar-refractivity contribution in [3.8, 4) is 0 Å². The zero-order chi connectivity index (χ0) is 12.1. The van der Waals surface area contributed by atoms with Crippen molar-refractivity contribution in [2.75, 3.05) is 7.05 Å². The fraction of sp³-hybridized carbons (Fsp3) is 0.500. The second-order valence-electron chi connectivity index (χ2n) is 3.96. The Bertz CT molecular complexity index is 370. The average Bonchev–Trinajstić information content (AvgIpc) is 2.28. The van der Waals surface area contributed by atoms with Crippen LogP contribution in [-0.2, 0) is 10.8 Å². The molecule has 0 aliphatic rings. The van der Waals surface area contributed by atoms with Crippen LogP contribution in [0.1, 0.15) is 20.3 Å². The molecule has 90 valence electrons. The molecule has 0 radical (unpaired) electrons. The third-order valence-corrected chi connectivity index (χ3v) is 4.75. The van der Waals surface area contributed by atoms with Crippen LogP contribution in [-0.4, -0.2) is 22.5 Å². The highest BCUT2D eigenvalue weighted by atomic mass is 35.5. The first kappa shape index (κ1) is 13.7. The molecule has 0 aliphatic heterocycles. The van der Waals surface area contributed by atoms with E-state index in [0.717, 1.165) is 11.3 Å².